The van der Waals surface area contributed by atoms with Crippen LogP contribution in [0.1, 0.15) is 35.7 Å². The van der Waals surface area contributed by atoms with E-state index in [1.165, 1.54) is 17.5 Å². The van der Waals surface area contributed by atoms with E-state index >= 15 is 0 Å². The van der Waals surface area contributed by atoms with E-state index in [0.717, 1.165) is 23.0 Å². The average molecular weight is 398 g/mol. The van der Waals surface area contributed by atoms with Crippen molar-refractivity contribution in [3.05, 3.63) is 80.3 Å². The fraction of sp³-hybridized carbons (Fsp3) is 0.300. The molecule has 25 heavy (non-hydrogen) atoms. The molecule has 1 atom stereocenters. The summed E-state index contributed by atoms with van der Waals surface area (Å²) >= 11 is 3.40. The zero-order chi connectivity index (χ0) is 17.4. The molecule has 1 aromatic carbocycles. The number of benzene rings is 1. The lowest BCUT2D eigenvalue weighted by Crippen LogP contribution is -2.28. The Morgan fingerprint density at radius 3 is 3.00 bits per heavy atom. The third-order valence-corrected chi connectivity index (χ3v) is 5.43. The van der Waals surface area contributed by atoms with Crippen LogP contribution in [0.5, 0.6) is 0 Å². The molecule has 1 aliphatic carbocycles. The molecule has 4 nitrogen and oxygen atoms in total. The molecule has 0 fully saturated rings. The van der Waals surface area contributed by atoms with Crippen LogP contribution in [-0.4, -0.2) is 21.3 Å². The molecule has 1 aliphatic rings. The number of fused-ring (bicyclic) bond motifs is 2. The zero-order valence-electron chi connectivity index (χ0n) is 14.2. The average Bonchev–Trinajstić information content (AvgIpc) is 2.62. The second kappa shape index (κ2) is 6.73. The first-order valence-electron chi connectivity index (χ1n) is 8.58. The molecule has 5 heteroatoms. The van der Waals surface area contributed by atoms with E-state index in [4.69, 9.17) is 0 Å². The van der Waals surface area contributed by atoms with Crippen LogP contribution in [0.25, 0.3) is 5.65 Å². The monoisotopic (exact) mass is 397 g/mol. The maximum atomic E-state index is 12.4. The van der Waals surface area contributed by atoms with Gasteiger partial charge in [0.15, 0.2) is 0 Å². The fourth-order valence-electron chi connectivity index (χ4n) is 3.76. The Bertz CT molecular complexity index is 982. The predicted octanol–water partition coefficient (Wildman–Crippen LogP) is 3.97. The number of hydrogen-bond acceptors (Lipinski definition) is 3. The lowest BCUT2D eigenvalue weighted by atomic mass is 9.87. The van der Waals surface area contributed by atoms with Gasteiger partial charge in [-0.05, 0) is 65.5 Å². The molecule has 0 N–H and O–H groups in total. The Morgan fingerprint density at radius 2 is 2.12 bits per heavy atom. The van der Waals surface area contributed by atoms with Gasteiger partial charge in [0.25, 0.3) is 5.56 Å². The summed E-state index contributed by atoms with van der Waals surface area (Å²) in [5.41, 5.74) is 4.32. The summed E-state index contributed by atoms with van der Waals surface area (Å²) in [6, 6.07) is 14.5. The summed E-state index contributed by atoms with van der Waals surface area (Å²) in [5, 5.41) is 0. The number of rotatable bonds is 3. The molecule has 0 bridgehead atoms. The van der Waals surface area contributed by atoms with Crippen LogP contribution in [0, 0.1) is 0 Å². The standard InChI is InChI=1S/C20H20BrN3O/c1-23(18-8-4-6-14-5-2-3-7-17(14)18)13-16-11-20(25)24-12-15(21)9-10-19(24)22-16/h2-3,5,7,9-12,18H,4,6,8,13H2,1H3/t18-/m0/s1. The Kier molecular flexibility index (Phi) is 4.44. The maximum absolute atomic E-state index is 12.4. The molecule has 0 spiro atoms. The molecule has 2 heterocycles. The molecule has 128 valence electrons. The highest BCUT2D eigenvalue weighted by molar-refractivity contribution is 9.10. The molecule has 0 saturated carbocycles. The van der Waals surface area contributed by atoms with Crippen LogP contribution in [0.15, 0.2) is 57.9 Å². The number of aryl methyl sites for hydroxylation is 1. The van der Waals surface area contributed by atoms with E-state index < -0.39 is 0 Å². The summed E-state index contributed by atoms with van der Waals surface area (Å²) in [4.78, 5) is 19.4. The van der Waals surface area contributed by atoms with E-state index in [2.05, 4.69) is 57.1 Å². The lowest BCUT2D eigenvalue weighted by Gasteiger charge is -2.33. The minimum atomic E-state index is -0.0428. The second-order valence-corrected chi connectivity index (χ2v) is 7.60. The lowest BCUT2D eigenvalue weighted by molar-refractivity contribution is 0.211. The van der Waals surface area contributed by atoms with Gasteiger partial charge in [-0.3, -0.25) is 14.1 Å². The highest BCUT2D eigenvalue weighted by Crippen LogP contribution is 2.33. The topological polar surface area (TPSA) is 37.6 Å². The summed E-state index contributed by atoms with van der Waals surface area (Å²) < 4.78 is 2.44. The highest BCUT2D eigenvalue weighted by atomic mass is 79.9. The first-order chi connectivity index (χ1) is 12.1. The molecule has 3 aromatic rings. The van der Waals surface area contributed by atoms with E-state index in [-0.39, 0.29) is 5.56 Å². The van der Waals surface area contributed by atoms with Crippen molar-refractivity contribution < 1.29 is 0 Å². The molecular weight excluding hydrogens is 378 g/mol. The van der Waals surface area contributed by atoms with Crippen molar-refractivity contribution in [2.24, 2.45) is 0 Å². The van der Waals surface area contributed by atoms with Gasteiger partial charge in [0.05, 0.1) is 5.69 Å². The third kappa shape index (κ3) is 3.26. The molecule has 0 radical (unpaired) electrons. The summed E-state index contributed by atoms with van der Waals surface area (Å²) in [6.07, 6.45) is 5.27. The van der Waals surface area contributed by atoms with Crippen molar-refractivity contribution in [2.45, 2.75) is 31.8 Å². The van der Waals surface area contributed by atoms with Gasteiger partial charge >= 0.3 is 0 Å². The largest absolute Gasteiger partial charge is 0.294 e. The van der Waals surface area contributed by atoms with Crippen LogP contribution >= 0.6 is 15.9 Å². The number of pyridine rings is 1. The Morgan fingerprint density at radius 1 is 1.28 bits per heavy atom. The molecule has 0 amide bonds. The van der Waals surface area contributed by atoms with Gasteiger partial charge in [-0.15, -0.1) is 0 Å². The van der Waals surface area contributed by atoms with Gasteiger partial charge in [0.2, 0.25) is 0 Å². The summed E-state index contributed by atoms with van der Waals surface area (Å²) in [7, 11) is 2.12. The van der Waals surface area contributed by atoms with Gasteiger partial charge in [-0.1, -0.05) is 24.3 Å². The first kappa shape index (κ1) is 16.5. The molecular formula is C20H20BrN3O. The molecule has 4 rings (SSSR count). The van der Waals surface area contributed by atoms with Gasteiger partial charge in [0, 0.05) is 29.3 Å². The Hall–Kier alpha value is -1.98. The van der Waals surface area contributed by atoms with Crippen molar-refractivity contribution in [1.29, 1.82) is 0 Å². The molecule has 0 unspecified atom stereocenters. The normalized spacial score (nSPS) is 17.0. The van der Waals surface area contributed by atoms with Crippen LogP contribution in [0.3, 0.4) is 0 Å². The predicted molar refractivity (Wildman–Crippen MR) is 103 cm³/mol. The van der Waals surface area contributed by atoms with Crippen LogP contribution in [0.4, 0.5) is 0 Å². The fourth-order valence-corrected chi connectivity index (χ4v) is 4.10. The van der Waals surface area contributed by atoms with Crippen LogP contribution < -0.4 is 5.56 Å². The minimum absolute atomic E-state index is 0.0428. The summed E-state index contributed by atoms with van der Waals surface area (Å²) in [6.45, 7) is 0.667. The SMILES string of the molecule is CN(Cc1cc(=O)n2cc(Br)ccc2n1)[C@H]1CCCc2ccccc21. The quantitative estimate of drug-likeness (QED) is 0.670. The van der Waals surface area contributed by atoms with Crippen molar-refractivity contribution in [1.82, 2.24) is 14.3 Å². The van der Waals surface area contributed by atoms with E-state index in [9.17, 15) is 4.79 Å². The van der Waals surface area contributed by atoms with E-state index in [0.29, 0.717) is 18.2 Å². The van der Waals surface area contributed by atoms with E-state index in [1.54, 1.807) is 16.7 Å². The highest BCUT2D eigenvalue weighted by Gasteiger charge is 2.23. The van der Waals surface area contributed by atoms with Crippen LogP contribution in [-0.2, 0) is 13.0 Å². The van der Waals surface area contributed by atoms with Crippen molar-refractivity contribution in [2.75, 3.05) is 7.05 Å². The third-order valence-electron chi connectivity index (χ3n) is 4.96. The second-order valence-electron chi connectivity index (χ2n) is 6.68. The maximum Gasteiger partial charge on any atom is 0.258 e. The molecule has 0 aliphatic heterocycles. The molecule has 2 aromatic heterocycles. The number of hydrogen-bond donors (Lipinski definition) is 0. The smallest absolute Gasteiger partial charge is 0.258 e. The van der Waals surface area contributed by atoms with Crippen molar-refractivity contribution >= 4 is 21.6 Å². The number of nitrogens with zero attached hydrogens (tertiary/aromatic N) is 3. The zero-order valence-corrected chi connectivity index (χ0v) is 15.7. The number of halogens is 1. The molecule has 0 saturated heterocycles. The van der Waals surface area contributed by atoms with Gasteiger partial charge in [-0.2, -0.15) is 0 Å². The minimum Gasteiger partial charge on any atom is -0.294 e. The summed E-state index contributed by atoms with van der Waals surface area (Å²) in [5.74, 6) is 0. The van der Waals surface area contributed by atoms with Crippen molar-refractivity contribution in [3.63, 3.8) is 0 Å². The first-order valence-corrected chi connectivity index (χ1v) is 9.37. The van der Waals surface area contributed by atoms with Gasteiger partial charge in [-0.25, -0.2) is 4.98 Å². The Labute approximate surface area is 155 Å². The Balaban J connectivity index is 1.63. The number of aromatic nitrogens is 2. The van der Waals surface area contributed by atoms with Crippen LogP contribution in [0.2, 0.25) is 0 Å². The van der Waals surface area contributed by atoms with Gasteiger partial charge in [0.1, 0.15) is 5.65 Å². The van der Waals surface area contributed by atoms with Crippen molar-refractivity contribution in [3.8, 4) is 0 Å². The van der Waals surface area contributed by atoms with Gasteiger partial charge < -0.3 is 0 Å². The van der Waals surface area contributed by atoms with E-state index in [1.807, 2.05) is 12.1 Å².